The molecule has 0 spiro atoms. The summed E-state index contributed by atoms with van der Waals surface area (Å²) in [6, 6.07) is 0. The van der Waals surface area contributed by atoms with Crippen LogP contribution >= 0.6 is 0 Å². The van der Waals surface area contributed by atoms with Gasteiger partial charge in [0.1, 0.15) is 11.9 Å². The number of ketones is 1. The minimum Gasteiger partial charge on any atom is -0.498 e. The van der Waals surface area contributed by atoms with Crippen LogP contribution in [0.3, 0.4) is 0 Å². The minimum atomic E-state index is -0.621. The van der Waals surface area contributed by atoms with Gasteiger partial charge in [-0.3, -0.25) is 4.79 Å². The first-order valence-corrected chi connectivity index (χ1v) is 5.74. The number of rotatable bonds is 1. The summed E-state index contributed by atoms with van der Waals surface area (Å²) in [5.74, 6) is 0.823. The highest BCUT2D eigenvalue weighted by molar-refractivity contribution is 5.95. The van der Waals surface area contributed by atoms with Crippen LogP contribution in [0.25, 0.3) is 0 Å². The molecule has 0 saturated heterocycles. The van der Waals surface area contributed by atoms with E-state index >= 15 is 0 Å². The zero-order chi connectivity index (χ0) is 11.5. The van der Waals surface area contributed by atoms with Crippen molar-refractivity contribution >= 4 is 5.78 Å². The highest BCUT2D eigenvalue weighted by Gasteiger charge is 2.59. The smallest absolute Gasteiger partial charge is 0.163 e. The summed E-state index contributed by atoms with van der Waals surface area (Å²) in [5.41, 5.74) is -0.0524. The van der Waals surface area contributed by atoms with Crippen molar-refractivity contribution in [2.45, 2.75) is 19.4 Å². The quantitative estimate of drug-likeness (QED) is 0.677. The maximum atomic E-state index is 12.1. The molecule has 1 N–H and O–H groups in total. The summed E-state index contributed by atoms with van der Waals surface area (Å²) in [6.07, 6.45) is 6.14. The number of hydrogen-bond acceptors (Lipinski definition) is 3. The lowest BCUT2D eigenvalue weighted by Crippen LogP contribution is -2.43. The van der Waals surface area contributed by atoms with E-state index in [0.717, 1.165) is 6.42 Å². The van der Waals surface area contributed by atoms with E-state index in [0.29, 0.717) is 11.7 Å². The van der Waals surface area contributed by atoms with Gasteiger partial charge in [0.2, 0.25) is 0 Å². The Labute approximate surface area is 94.8 Å². The maximum Gasteiger partial charge on any atom is 0.163 e. The molecule has 0 aliphatic heterocycles. The van der Waals surface area contributed by atoms with Gasteiger partial charge in [-0.15, -0.1) is 0 Å². The molecule has 1 fully saturated rings. The molecule has 86 valence electrons. The number of carbonyl (C=O) groups is 1. The Bertz CT molecular complexity index is 409. The van der Waals surface area contributed by atoms with Gasteiger partial charge in [0, 0.05) is 17.9 Å². The second kappa shape index (κ2) is 2.98. The molecule has 3 aliphatic carbocycles. The standard InChI is InChI=1S/C13H16O3/c1-13-4-3-7(6-13)10-11(13)8(14)5-9(16-2)12(10)15/h3-5,7,10-12,15H,6H2,1-2H3/t7-,10-,11-,12-,13+/m1/s1. The van der Waals surface area contributed by atoms with Crippen molar-refractivity contribution in [1.29, 1.82) is 0 Å². The fourth-order valence-corrected chi connectivity index (χ4v) is 3.79. The molecule has 0 radical (unpaired) electrons. The molecule has 3 heteroatoms. The number of fused-ring (bicyclic) bond motifs is 5. The van der Waals surface area contributed by atoms with Crippen LogP contribution in [0.2, 0.25) is 0 Å². The zero-order valence-corrected chi connectivity index (χ0v) is 9.51. The van der Waals surface area contributed by atoms with E-state index in [1.54, 1.807) is 0 Å². The zero-order valence-electron chi connectivity index (χ0n) is 9.51. The summed E-state index contributed by atoms with van der Waals surface area (Å²) in [6.45, 7) is 2.12. The van der Waals surface area contributed by atoms with Crippen LogP contribution in [0.1, 0.15) is 13.3 Å². The molecule has 0 amide bonds. The van der Waals surface area contributed by atoms with Crippen molar-refractivity contribution in [3.05, 3.63) is 24.0 Å². The van der Waals surface area contributed by atoms with Crippen molar-refractivity contribution in [2.75, 3.05) is 7.11 Å². The van der Waals surface area contributed by atoms with Crippen LogP contribution < -0.4 is 0 Å². The Morgan fingerprint density at radius 3 is 3.00 bits per heavy atom. The lowest BCUT2D eigenvalue weighted by molar-refractivity contribution is -0.125. The fourth-order valence-electron chi connectivity index (χ4n) is 3.79. The van der Waals surface area contributed by atoms with Gasteiger partial charge in [0.25, 0.3) is 0 Å². The van der Waals surface area contributed by atoms with Crippen LogP contribution in [0, 0.1) is 23.2 Å². The van der Waals surface area contributed by atoms with Crippen LogP contribution in [-0.4, -0.2) is 24.1 Å². The van der Waals surface area contributed by atoms with Crippen molar-refractivity contribution in [3.8, 4) is 0 Å². The van der Waals surface area contributed by atoms with Gasteiger partial charge in [-0.1, -0.05) is 19.1 Å². The predicted octanol–water partition coefficient (Wildman–Crippen LogP) is 1.29. The average molecular weight is 220 g/mol. The van der Waals surface area contributed by atoms with E-state index in [-0.39, 0.29) is 23.0 Å². The van der Waals surface area contributed by atoms with Crippen LogP contribution in [0.15, 0.2) is 24.0 Å². The number of carbonyl (C=O) groups excluding carboxylic acids is 1. The van der Waals surface area contributed by atoms with Crippen molar-refractivity contribution in [2.24, 2.45) is 23.2 Å². The second-order valence-electron chi connectivity index (χ2n) is 5.39. The molecule has 0 aromatic carbocycles. The molecule has 0 aromatic rings. The van der Waals surface area contributed by atoms with Crippen molar-refractivity contribution in [1.82, 2.24) is 0 Å². The van der Waals surface area contributed by atoms with E-state index in [1.807, 2.05) is 0 Å². The van der Waals surface area contributed by atoms with Crippen molar-refractivity contribution in [3.63, 3.8) is 0 Å². The number of hydrogen-bond donors (Lipinski definition) is 1. The maximum absolute atomic E-state index is 12.1. The highest BCUT2D eigenvalue weighted by Crippen LogP contribution is 2.59. The Morgan fingerprint density at radius 1 is 1.56 bits per heavy atom. The molecule has 1 saturated carbocycles. The van der Waals surface area contributed by atoms with Gasteiger partial charge in [-0.25, -0.2) is 0 Å². The van der Waals surface area contributed by atoms with Gasteiger partial charge in [-0.05, 0) is 17.8 Å². The van der Waals surface area contributed by atoms with Crippen LogP contribution in [0.5, 0.6) is 0 Å². The molecular weight excluding hydrogens is 204 g/mol. The van der Waals surface area contributed by atoms with E-state index < -0.39 is 6.10 Å². The normalized spacial score (nSPS) is 49.2. The molecule has 0 aromatic heterocycles. The SMILES string of the molecule is COC1=CC(=O)[C@@H]2[C@@H]([C@@H]3C=C[C@@]2(C)C3)[C@@H]1O. The molecular formula is C13H16O3. The molecule has 3 rings (SSSR count). The van der Waals surface area contributed by atoms with Gasteiger partial charge < -0.3 is 9.84 Å². The first-order chi connectivity index (χ1) is 7.57. The first kappa shape index (κ1) is 10.1. The number of aliphatic hydroxyl groups is 1. The third-order valence-electron chi connectivity index (χ3n) is 4.47. The summed E-state index contributed by atoms with van der Waals surface area (Å²) >= 11 is 0. The third-order valence-corrected chi connectivity index (χ3v) is 4.47. The molecule has 2 bridgehead atoms. The monoisotopic (exact) mass is 220 g/mol. The van der Waals surface area contributed by atoms with Crippen LogP contribution in [0.4, 0.5) is 0 Å². The average Bonchev–Trinajstić information content (AvgIpc) is 2.76. The Kier molecular flexibility index (Phi) is 1.88. The summed E-state index contributed by atoms with van der Waals surface area (Å²) in [4.78, 5) is 12.1. The third kappa shape index (κ3) is 1.04. The number of allylic oxidation sites excluding steroid dienone is 3. The minimum absolute atomic E-state index is 0.0162. The highest BCUT2D eigenvalue weighted by atomic mass is 16.5. The van der Waals surface area contributed by atoms with E-state index in [4.69, 9.17) is 4.74 Å². The number of aliphatic hydroxyl groups excluding tert-OH is 1. The van der Waals surface area contributed by atoms with E-state index in [9.17, 15) is 9.90 Å². The van der Waals surface area contributed by atoms with Crippen LogP contribution in [-0.2, 0) is 9.53 Å². The van der Waals surface area contributed by atoms with Gasteiger partial charge in [0.05, 0.1) is 7.11 Å². The Hall–Kier alpha value is -1.09. The van der Waals surface area contributed by atoms with Gasteiger partial charge >= 0.3 is 0 Å². The van der Waals surface area contributed by atoms with Crippen molar-refractivity contribution < 1.29 is 14.6 Å². The topological polar surface area (TPSA) is 46.5 Å². The Morgan fingerprint density at radius 2 is 2.31 bits per heavy atom. The molecule has 5 atom stereocenters. The largest absolute Gasteiger partial charge is 0.498 e. The molecule has 0 heterocycles. The summed E-state index contributed by atoms with van der Waals surface area (Å²) in [5, 5.41) is 10.2. The molecule has 16 heavy (non-hydrogen) atoms. The summed E-state index contributed by atoms with van der Waals surface area (Å²) in [7, 11) is 1.51. The lowest BCUT2D eigenvalue weighted by Gasteiger charge is -2.37. The van der Waals surface area contributed by atoms with E-state index in [1.165, 1.54) is 13.2 Å². The number of methoxy groups -OCH3 is 1. The van der Waals surface area contributed by atoms with Gasteiger partial charge in [0.15, 0.2) is 5.78 Å². The fraction of sp³-hybridized carbons (Fsp3) is 0.615. The summed E-state index contributed by atoms with van der Waals surface area (Å²) < 4.78 is 5.09. The first-order valence-electron chi connectivity index (χ1n) is 5.74. The predicted molar refractivity (Wildman–Crippen MR) is 58.4 cm³/mol. The Balaban J connectivity index is 2.06. The van der Waals surface area contributed by atoms with Gasteiger partial charge in [-0.2, -0.15) is 0 Å². The van der Waals surface area contributed by atoms with E-state index in [2.05, 4.69) is 19.1 Å². The lowest BCUT2D eigenvalue weighted by atomic mass is 9.68. The molecule has 3 aliphatic rings. The second-order valence-corrected chi connectivity index (χ2v) is 5.39. The molecule has 3 nitrogen and oxygen atoms in total. The number of ether oxygens (including phenoxy) is 1. The molecule has 0 unspecified atom stereocenters.